The molecule has 0 aliphatic carbocycles. The molecular formula is C12H11ClN2S. The lowest BCUT2D eigenvalue weighted by Gasteiger charge is -2.07. The van der Waals surface area contributed by atoms with Gasteiger partial charge in [-0.1, -0.05) is 35.5 Å². The van der Waals surface area contributed by atoms with Crippen molar-refractivity contribution in [2.75, 3.05) is 5.73 Å². The van der Waals surface area contributed by atoms with Crippen molar-refractivity contribution in [3.8, 4) is 0 Å². The minimum absolute atomic E-state index is 0.733. The number of nitrogens with two attached hydrogens (primary N) is 1. The van der Waals surface area contributed by atoms with E-state index in [0.717, 1.165) is 26.2 Å². The number of nitrogens with zero attached hydrogens (tertiary/aromatic N) is 1. The summed E-state index contributed by atoms with van der Waals surface area (Å²) < 4.78 is 0. The van der Waals surface area contributed by atoms with Crippen LogP contribution in [-0.4, -0.2) is 4.98 Å². The van der Waals surface area contributed by atoms with E-state index in [4.69, 9.17) is 17.3 Å². The van der Waals surface area contributed by atoms with Crippen molar-refractivity contribution in [1.29, 1.82) is 0 Å². The van der Waals surface area contributed by atoms with Crippen LogP contribution in [0.1, 0.15) is 5.56 Å². The van der Waals surface area contributed by atoms with Crippen LogP contribution in [-0.2, 0) is 0 Å². The number of aromatic nitrogens is 1. The highest BCUT2D eigenvalue weighted by Crippen LogP contribution is 2.34. The van der Waals surface area contributed by atoms with Crippen molar-refractivity contribution in [3.63, 3.8) is 0 Å². The van der Waals surface area contributed by atoms with Gasteiger partial charge in [-0.3, -0.25) is 0 Å². The van der Waals surface area contributed by atoms with E-state index in [0.29, 0.717) is 0 Å². The molecule has 4 heteroatoms. The summed E-state index contributed by atoms with van der Waals surface area (Å²) in [6, 6.07) is 9.50. The van der Waals surface area contributed by atoms with Crippen LogP contribution in [0.3, 0.4) is 0 Å². The standard InChI is InChI=1S/C12H11ClN2S/c1-8-10(14)6-7-15-12(8)16-11-5-3-2-4-9(11)13/h2-7H,1H3,(H2,14,15). The average Bonchev–Trinajstić information content (AvgIpc) is 2.28. The van der Waals surface area contributed by atoms with Gasteiger partial charge in [-0.05, 0) is 25.1 Å². The molecule has 2 N–H and O–H groups in total. The molecule has 0 radical (unpaired) electrons. The fourth-order valence-corrected chi connectivity index (χ4v) is 2.42. The lowest BCUT2D eigenvalue weighted by Crippen LogP contribution is -1.93. The normalized spacial score (nSPS) is 10.4. The van der Waals surface area contributed by atoms with E-state index in [-0.39, 0.29) is 0 Å². The Labute approximate surface area is 104 Å². The monoisotopic (exact) mass is 250 g/mol. The van der Waals surface area contributed by atoms with E-state index in [2.05, 4.69) is 4.98 Å². The van der Waals surface area contributed by atoms with Crippen molar-refractivity contribution in [2.45, 2.75) is 16.8 Å². The molecule has 2 aromatic rings. The molecule has 0 atom stereocenters. The van der Waals surface area contributed by atoms with Gasteiger partial charge in [0.25, 0.3) is 0 Å². The number of nitrogen functional groups attached to an aromatic ring is 1. The lowest BCUT2D eigenvalue weighted by molar-refractivity contribution is 1.08. The van der Waals surface area contributed by atoms with E-state index < -0.39 is 0 Å². The zero-order valence-electron chi connectivity index (χ0n) is 8.77. The first-order chi connectivity index (χ1) is 7.68. The third kappa shape index (κ3) is 2.31. The van der Waals surface area contributed by atoms with Crippen LogP contribution in [0.4, 0.5) is 5.69 Å². The van der Waals surface area contributed by atoms with Crippen molar-refractivity contribution >= 4 is 29.1 Å². The molecule has 0 saturated heterocycles. The summed E-state index contributed by atoms with van der Waals surface area (Å²) in [5.41, 5.74) is 7.57. The third-order valence-electron chi connectivity index (χ3n) is 2.24. The van der Waals surface area contributed by atoms with Gasteiger partial charge in [-0.2, -0.15) is 0 Å². The second kappa shape index (κ2) is 4.76. The number of pyridine rings is 1. The number of benzene rings is 1. The maximum Gasteiger partial charge on any atom is 0.106 e. The van der Waals surface area contributed by atoms with Gasteiger partial charge in [0.2, 0.25) is 0 Å². The average molecular weight is 251 g/mol. The first kappa shape index (κ1) is 11.3. The van der Waals surface area contributed by atoms with Crippen LogP contribution in [0, 0.1) is 6.92 Å². The van der Waals surface area contributed by atoms with Crippen molar-refractivity contribution in [1.82, 2.24) is 4.98 Å². The Hall–Kier alpha value is -1.19. The molecule has 16 heavy (non-hydrogen) atoms. The minimum Gasteiger partial charge on any atom is -0.398 e. The highest BCUT2D eigenvalue weighted by atomic mass is 35.5. The minimum atomic E-state index is 0.733. The molecule has 1 aromatic heterocycles. The molecule has 1 heterocycles. The van der Waals surface area contributed by atoms with E-state index in [1.165, 1.54) is 11.8 Å². The molecule has 2 rings (SSSR count). The number of rotatable bonds is 2. The first-order valence-electron chi connectivity index (χ1n) is 4.82. The highest BCUT2D eigenvalue weighted by molar-refractivity contribution is 7.99. The SMILES string of the molecule is Cc1c(N)ccnc1Sc1ccccc1Cl. The summed E-state index contributed by atoms with van der Waals surface area (Å²) >= 11 is 7.62. The second-order valence-corrected chi connectivity index (χ2v) is 4.80. The van der Waals surface area contributed by atoms with E-state index in [1.807, 2.05) is 31.2 Å². The van der Waals surface area contributed by atoms with Gasteiger partial charge in [0.15, 0.2) is 0 Å². The number of hydrogen-bond acceptors (Lipinski definition) is 3. The maximum atomic E-state index is 6.09. The second-order valence-electron chi connectivity index (χ2n) is 3.36. The quantitative estimate of drug-likeness (QED) is 0.882. The van der Waals surface area contributed by atoms with Gasteiger partial charge in [-0.25, -0.2) is 4.98 Å². The fraction of sp³-hybridized carbons (Fsp3) is 0.0833. The Bertz CT molecular complexity index is 514. The highest BCUT2D eigenvalue weighted by Gasteiger charge is 2.07. The van der Waals surface area contributed by atoms with Crippen LogP contribution in [0.25, 0.3) is 0 Å². The van der Waals surface area contributed by atoms with Gasteiger partial charge in [0, 0.05) is 22.3 Å². The Morgan fingerprint density at radius 3 is 2.75 bits per heavy atom. The van der Waals surface area contributed by atoms with Crippen LogP contribution >= 0.6 is 23.4 Å². The predicted molar refractivity (Wildman–Crippen MR) is 69.0 cm³/mol. The molecule has 0 bridgehead atoms. The van der Waals surface area contributed by atoms with E-state index in [1.54, 1.807) is 12.3 Å². The van der Waals surface area contributed by atoms with Gasteiger partial charge in [-0.15, -0.1) is 0 Å². The molecule has 0 saturated carbocycles. The van der Waals surface area contributed by atoms with Gasteiger partial charge >= 0.3 is 0 Å². The Kier molecular flexibility index (Phi) is 3.36. The molecular weight excluding hydrogens is 240 g/mol. The summed E-state index contributed by atoms with van der Waals surface area (Å²) in [5.74, 6) is 0. The van der Waals surface area contributed by atoms with Crippen LogP contribution < -0.4 is 5.73 Å². The summed E-state index contributed by atoms with van der Waals surface area (Å²) in [4.78, 5) is 5.29. The van der Waals surface area contributed by atoms with E-state index >= 15 is 0 Å². The molecule has 0 fully saturated rings. The van der Waals surface area contributed by atoms with Crippen molar-refractivity contribution in [2.24, 2.45) is 0 Å². The lowest BCUT2D eigenvalue weighted by atomic mass is 10.3. The molecule has 82 valence electrons. The molecule has 2 nitrogen and oxygen atoms in total. The maximum absolute atomic E-state index is 6.09. The molecule has 0 spiro atoms. The summed E-state index contributed by atoms with van der Waals surface area (Å²) in [5, 5.41) is 1.63. The van der Waals surface area contributed by atoms with Gasteiger partial charge in [0.05, 0.1) is 5.02 Å². The molecule has 0 amide bonds. The predicted octanol–water partition coefficient (Wildman–Crippen LogP) is 3.78. The van der Waals surface area contributed by atoms with Crippen LogP contribution in [0.2, 0.25) is 5.02 Å². The summed E-state index contributed by atoms with van der Waals surface area (Å²) in [7, 11) is 0. The zero-order chi connectivity index (χ0) is 11.5. The van der Waals surface area contributed by atoms with Gasteiger partial charge < -0.3 is 5.73 Å². The van der Waals surface area contributed by atoms with E-state index in [9.17, 15) is 0 Å². The largest absolute Gasteiger partial charge is 0.398 e. The number of hydrogen-bond donors (Lipinski definition) is 1. The van der Waals surface area contributed by atoms with Crippen molar-refractivity contribution in [3.05, 3.63) is 47.1 Å². The summed E-state index contributed by atoms with van der Waals surface area (Å²) in [6.07, 6.45) is 1.71. The topological polar surface area (TPSA) is 38.9 Å². The van der Waals surface area contributed by atoms with Crippen LogP contribution in [0.5, 0.6) is 0 Å². The Balaban J connectivity index is 2.35. The molecule has 0 unspecified atom stereocenters. The third-order valence-corrected chi connectivity index (χ3v) is 3.87. The fourth-order valence-electron chi connectivity index (χ4n) is 1.27. The van der Waals surface area contributed by atoms with Crippen molar-refractivity contribution < 1.29 is 0 Å². The molecule has 0 aliphatic rings. The zero-order valence-corrected chi connectivity index (χ0v) is 10.3. The Morgan fingerprint density at radius 1 is 1.25 bits per heavy atom. The number of anilines is 1. The van der Waals surface area contributed by atoms with Crippen LogP contribution in [0.15, 0.2) is 46.5 Å². The first-order valence-corrected chi connectivity index (χ1v) is 6.01. The molecule has 0 aliphatic heterocycles. The Morgan fingerprint density at radius 2 is 2.00 bits per heavy atom. The van der Waals surface area contributed by atoms with Gasteiger partial charge in [0.1, 0.15) is 5.03 Å². The summed E-state index contributed by atoms with van der Waals surface area (Å²) in [6.45, 7) is 1.96. The molecule has 1 aromatic carbocycles. The number of halogens is 1. The smallest absolute Gasteiger partial charge is 0.106 e.